The third kappa shape index (κ3) is 1.38. The fourth-order valence-corrected chi connectivity index (χ4v) is 2.26. The van der Waals surface area contributed by atoms with Gasteiger partial charge in [0, 0.05) is 12.0 Å². The van der Waals surface area contributed by atoms with Gasteiger partial charge >= 0.3 is 5.97 Å². The third-order valence-corrected chi connectivity index (χ3v) is 3.17. The van der Waals surface area contributed by atoms with Crippen LogP contribution in [0.1, 0.15) is 12.0 Å². The Morgan fingerprint density at radius 2 is 2.12 bits per heavy atom. The summed E-state index contributed by atoms with van der Waals surface area (Å²) in [6.45, 7) is 0.432. The second-order valence-electron chi connectivity index (χ2n) is 4.15. The number of benzene rings is 1. The van der Waals surface area contributed by atoms with Crippen LogP contribution in [0.15, 0.2) is 24.3 Å². The largest absolute Gasteiger partial charge is 0.493 e. The summed E-state index contributed by atoms with van der Waals surface area (Å²) in [6, 6.07) is 7.33. The smallest absolute Gasteiger partial charge is 0.329 e. The lowest BCUT2D eigenvalue weighted by molar-refractivity contribution is -0.152. The minimum Gasteiger partial charge on any atom is -0.493 e. The van der Waals surface area contributed by atoms with Crippen LogP contribution in [0.4, 0.5) is 0 Å². The zero-order valence-corrected chi connectivity index (χ0v) is 9.43. The molecule has 0 aromatic heterocycles. The summed E-state index contributed by atoms with van der Waals surface area (Å²) in [7, 11) is 3.58. The highest BCUT2D eigenvalue weighted by Crippen LogP contribution is 2.40. The maximum absolute atomic E-state index is 11.6. The molecule has 86 valence electrons. The van der Waals surface area contributed by atoms with E-state index in [1.54, 1.807) is 19.0 Å². The Labute approximate surface area is 94.4 Å². The van der Waals surface area contributed by atoms with E-state index in [1.165, 1.54) is 0 Å². The van der Waals surface area contributed by atoms with Crippen molar-refractivity contribution in [2.24, 2.45) is 0 Å². The van der Waals surface area contributed by atoms with Crippen molar-refractivity contribution in [3.63, 3.8) is 0 Å². The number of carbonyl (C=O) groups is 1. The van der Waals surface area contributed by atoms with Gasteiger partial charge in [0.2, 0.25) is 0 Å². The molecule has 1 heterocycles. The number of carboxylic acids is 1. The highest BCUT2D eigenvalue weighted by molar-refractivity contribution is 5.82. The molecule has 1 aromatic carbocycles. The van der Waals surface area contributed by atoms with Gasteiger partial charge in [0.1, 0.15) is 5.75 Å². The van der Waals surface area contributed by atoms with E-state index in [-0.39, 0.29) is 0 Å². The number of carboxylic acid groups (broad SMARTS) is 1. The van der Waals surface area contributed by atoms with Crippen molar-refractivity contribution >= 4 is 5.97 Å². The number of ether oxygens (including phenoxy) is 1. The molecule has 0 bridgehead atoms. The molecule has 0 radical (unpaired) electrons. The number of nitrogens with zero attached hydrogens (tertiary/aromatic N) is 1. The molecule has 0 spiro atoms. The lowest BCUT2D eigenvalue weighted by Crippen LogP contribution is -2.51. The quantitative estimate of drug-likeness (QED) is 0.818. The summed E-state index contributed by atoms with van der Waals surface area (Å²) < 4.78 is 5.49. The van der Waals surface area contributed by atoms with E-state index < -0.39 is 11.5 Å². The summed E-state index contributed by atoms with van der Waals surface area (Å²) >= 11 is 0. The molecule has 1 aromatic rings. The van der Waals surface area contributed by atoms with Crippen LogP contribution in [0.5, 0.6) is 5.75 Å². The fraction of sp³-hybridized carbons (Fsp3) is 0.417. The highest BCUT2D eigenvalue weighted by atomic mass is 16.5. The normalized spacial score (nSPS) is 23.7. The molecular formula is C12H15NO3. The molecule has 16 heavy (non-hydrogen) atoms. The predicted octanol–water partition coefficient (Wildman–Crippen LogP) is 1.31. The van der Waals surface area contributed by atoms with Crippen LogP contribution in [-0.2, 0) is 10.3 Å². The van der Waals surface area contributed by atoms with Crippen molar-refractivity contribution in [1.29, 1.82) is 0 Å². The lowest BCUT2D eigenvalue weighted by atomic mass is 9.83. The first-order valence-corrected chi connectivity index (χ1v) is 5.22. The van der Waals surface area contributed by atoms with E-state index in [4.69, 9.17) is 4.74 Å². The molecule has 2 rings (SSSR count). The monoisotopic (exact) mass is 221 g/mol. The molecule has 0 saturated carbocycles. The van der Waals surface area contributed by atoms with Crippen LogP contribution in [0, 0.1) is 0 Å². The van der Waals surface area contributed by atoms with E-state index in [2.05, 4.69) is 0 Å². The maximum Gasteiger partial charge on any atom is 0.329 e. The summed E-state index contributed by atoms with van der Waals surface area (Å²) in [5.41, 5.74) is -0.228. The van der Waals surface area contributed by atoms with Crippen molar-refractivity contribution in [3.8, 4) is 5.75 Å². The molecule has 4 nitrogen and oxygen atoms in total. The van der Waals surface area contributed by atoms with Crippen molar-refractivity contribution in [2.45, 2.75) is 12.0 Å². The number of para-hydroxylation sites is 1. The average Bonchev–Trinajstić information content (AvgIpc) is 2.27. The minimum atomic E-state index is -0.963. The van der Waals surface area contributed by atoms with Crippen LogP contribution in [0.3, 0.4) is 0 Å². The van der Waals surface area contributed by atoms with Crippen LogP contribution in [-0.4, -0.2) is 36.7 Å². The van der Waals surface area contributed by atoms with Gasteiger partial charge in [-0.2, -0.15) is 0 Å². The van der Waals surface area contributed by atoms with Crippen molar-refractivity contribution in [1.82, 2.24) is 4.90 Å². The molecule has 0 unspecified atom stereocenters. The molecule has 0 aliphatic carbocycles. The first-order valence-electron chi connectivity index (χ1n) is 5.22. The van der Waals surface area contributed by atoms with Gasteiger partial charge < -0.3 is 9.84 Å². The number of rotatable bonds is 2. The second kappa shape index (κ2) is 3.79. The molecular weight excluding hydrogens is 206 g/mol. The van der Waals surface area contributed by atoms with Crippen molar-refractivity contribution < 1.29 is 14.6 Å². The number of aliphatic carboxylic acids is 1. The predicted molar refractivity (Wildman–Crippen MR) is 59.6 cm³/mol. The van der Waals surface area contributed by atoms with E-state index >= 15 is 0 Å². The average molecular weight is 221 g/mol. The SMILES string of the molecule is CN(C)[C@@]1(C(=O)O)CCOc2ccccc21. The number of likely N-dealkylation sites (N-methyl/N-ethyl adjacent to an activating group) is 1. The van der Waals surface area contributed by atoms with Crippen LogP contribution in [0.25, 0.3) is 0 Å². The Bertz CT molecular complexity index is 416. The van der Waals surface area contributed by atoms with Gasteiger partial charge in [0.15, 0.2) is 5.54 Å². The zero-order chi connectivity index (χ0) is 11.8. The van der Waals surface area contributed by atoms with Crippen LogP contribution in [0.2, 0.25) is 0 Å². The molecule has 0 amide bonds. The molecule has 1 aliphatic rings. The van der Waals surface area contributed by atoms with Crippen LogP contribution < -0.4 is 4.74 Å². The van der Waals surface area contributed by atoms with Gasteiger partial charge in [-0.05, 0) is 20.2 Å². The molecule has 1 N–H and O–H groups in total. The molecule has 1 atom stereocenters. The lowest BCUT2D eigenvalue weighted by Gasteiger charge is -2.40. The topological polar surface area (TPSA) is 49.8 Å². The molecule has 0 saturated heterocycles. The van der Waals surface area contributed by atoms with E-state index in [0.717, 1.165) is 5.56 Å². The highest BCUT2D eigenvalue weighted by Gasteiger charge is 2.46. The standard InChI is InChI=1S/C12H15NO3/c1-13(2)12(11(14)15)7-8-16-10-6-4-3-5-9(10)12/h3-6H,7-8H2,1-2H3,(H,14,15)/t12-/m0/s1. The number of hydrogen-bond acceptors (Lipinski definition) is 3. The van der Waals surface area contributed by atoms with Gasteiger partial charge in [-0.1, -0.05) is 18.2 Å². The summed E-state index contributed by atoms with van der Waals surface area (Å²) in [5.74, 6) is -0.155. The third-order valence-electron chi connectivity index (χ3n) is 3.17. The molecule has 4 heteroatoms. The van der Waals surface area contributed by atoms with Gasteiger partial charge in [-0.15, -0.1) is 0 Å². The van der Waals surface area contributed by atoms with Gasteiger partial charge in [-0.3, -0.25) is 4.90 Å². The zero-order valence-electron chi connectivity index (χ0n) is 9.43. The number of hydrogen-bond donors (Lipinski definition) is 1. The first kappa shape index (κ1) is 11.0. The van der Waals surface area contributed by atoms with Gasteiger partial charge in [0.05, 0.1) is 6.61 Å². The second-order valence-corrected chi connectivity index (χ2v) is 4.15. The van der Waals surface area contributed by atoms with E-state index in [9.17, 15) is 9.90 Å². The van der Waals surface area contributed by atoms with E-state index in [1.807, 2.05) is 24.3 Å². The fourth-order valence-electron chi connectivity index (χ4n) is 2.26. The van der Waals surface area contributed by atoms with E-state index in [0.29, 0.717) is 18.8 Å². The van der Waals surface area contributed by atoms with Crippen LogP contribution >= 0.6 is 0 Å². The Hall–Kier alpha value is -1.55. The molecule has 1 aliphatic heterocycles. The van der Waals surface area contributed by atoms with Gasteiger partial charge in [-0.25, -0.2) is 4.79 Å². The number of fused-ring (bicyclic) bond motifs is 1. The Kier molecular flexibility index (Phi) is 2.59. The maximum atomic E-state index is 11.6. The molecule has 0 fully saturated rings. The Morgan fingerprint density at radius 3 is 2.75 bits per heavy atom. The Morgan fingerprint density at radius 1 is 1.44 bits per heavy atom. The van der Waals surface area contributed by atoms with Crippen molar-refractivity contribution in [3.05, 3.63) is 29.8 Å². The Balaban J connectivity index is 2.61. The summed E-state index contributed by atoms with van der Waals surface area (Å²) in [6.07, 6.45) is 0.465. The van der Waals surface area contributed by atoms with Gasteiger partial charge in [0.25, 0.3) is 0 Å². The first-order chi connectivity index (χ1) is 7.59. The summed E-state index contributed by atoms with van der Waals surface area (Å²) in [4.78, 5) is 13.3. The minimum absolute atomic E-state index is 0.432. The summed E-state index contributed by atoms with van der Waals surface area (Å²) in [5, 5.41) is 9.51. The van der Waals surface area contributed by atoms with Crippen molar-refractivity contribution in [2.75, 3.05) is 20.7 Å².